The van der Waals surface area contributed by atoms with Gasteiger partial charge in [-0.15, -0.1) is 0 Å². The molecule has 2 N–H and O–H groups in total. The molecule has 0 aromatic carbocycles. The van der Waals surface area contributed by atoms with E-state index in [1.165, 1.54) is 57.9 Å². The third-order valence-corrected chi connectivity index (χ3v) is 5.28. The minimum atomic E-state index is 0.448. The van der Waals surface area contributed by atoms with Gasteiger partial charge in [0.25, 0.3) is 0 Å². The summed E-state index contributed by atoms with van der Waals surface area (Å²) in [5, 5.41) is 0. The van der Waals surface area contributed by atoms with Crippen molar-refractivity contribution in [3.8, 4) is 0 Å². The highest BCUT2D eigenvalue weighted by atomic mass is 16.5. The highest BCUT2D eigenvalue weighted by Gasteiger charge is 2.36. The lowest BCUT2D eigenvalue weighted by Crippen LogP contribution is -2.55. The first-order valence-electron chi connectivity index (χ1n) is 7.96. The molecule has 3 aliphatic rings. The first kappa shape index (κ1) is 12.9. The number of hydrogen-bond acceptors (Lipinski definition) is 3. The van der Waals surface area contributed by atoms with Crippen molar-refractivity contribution in [2.75, 3.05) is 19.7 Å². The average molecular weight is 252 g/mol. The second-order valence-corrected chi connectivity index (χ2v) is 6.46. The van der Waals surface area contributed by atoms with Crippen LogP contribution >= 0.6 is 0 Å². The lowest BCUT2D eigenvalue weighted by molar-refractivity contribution is -0.0937. The van der Waals surface area contributed by atoms with Crippen LogP contribution in [0.25, 0.3) is 0 Å². The van der Waals surface area contributed by atoms with E-state index in [9.17, 15) is 0 Å². The predicted octanol–water partition coefficient (Wildman–Crippen LogP) is 2.15. The summed E-state index contributed by atoms with van der Waals surface area (Å²) in [5.74, 6) is 0.736. The maximum Gasteiger partial charge on any atom is 0.0730 e. The number of morpholine rings is 1. The van der Waals surface area contributed by atoms with Gasteiger partial charge < -0.3 is 10.5 Å². The minimum absolute atomic E-state index is 0.448. The quantitative estimate of drug-likeness (QED) is 0.818. The van der Waals surface area contributed by atoms with Crippen molar-refractivity contribution in [2.45, 2.75) is 69.6 Å². The van der Waals surface area contributed by atoms with Gasteiger partial charge in [-0.25, -0.2) is 0 Å². The van der Waals surface area contributed by atoms with E-state index in [4.69, 9.17) is 10.5 Å². The Balaban J connectivity index is 1.60. The molecule has 0 aromatic heterocycles. The third-order valence-electron chi connectivity index (χ3n) is 5.28. The zero-order valence-electron chi connectivity index (χ0n) is 11.5. The van der Waals surface area contributed by atoms with Crippen molar-refractivity contribution in [3.63, 3.8) is 0 Å². The smallest absolute Gasteiger partial charge is 0.0730 e. The molecule has 2 saturated carbocycles. The van der Waals surface area contributed by atoms with Gasteiger partial charge in [0.2, 0.25) is 0 Å². The molecule has 0 radical (unpaired) electrons. The second-order valence-electron chi connectivity index (χ2n) is 6.46. The van der Waals surface area contributed by atoms with Gasteiger partial charge in [0.05, 0.1) is 12.7 Å². The van der Waals surface area contributed by atoms with Crippen LogP contribution in [0.1, 0.15) is 51.4 Å². The Morgan fingerprint density at radius 1 is 1.00 bits per heavy atom. The number of fused-ring (bicyclic) bond motifs is 1. The molecule has 3 rings (SSSR count). The molecule has 3 heteroatoms. The molecular formula is C15H28N2O. The Hall–Kier alpha value is -0.120. The summed E-state index contributed by atoms with van der Waals surface area (Å²) in [6.45, 7) is 3.29. The van der Waals surface area contributed by atoms with Crippen LogP contribution in [0.15, 0.2) is 0 Å². The second kappa shape index (κ2) is 5.89. The first-order valence-corrected chi connectivity index (χ1v) is 7.96. The molecule has 104 valence electrons. The Labute approximate surface area is 111 Å². The monoisotopic (exact) mass is 252 g/mol. The molecule has 1 heterocycles. The lowest BCUT2D eigenvalue weighted by Gasteiger charge is -2.46. The van der Waals surface area contributed by atoms with E-state index in [2.05, 4.69) is 4.90 Å². The van der Waals surface area contributed by atoms with Crippen molar-refractivity contribution >= 4 is 0 Å². The van der Waals surface area contributed by atoms with E-state index >= 15 is 0 Å². The van der Waals surface area contributed by atoms with Gasteiger partial charge in [0.1, 0.15) is 0 Å². The summed E-state index contributed by atoms with van der Waals surface area (Å²) < 4.78 is 5.96. The van der Waals surface area contributed by atoms with Gasteiger partial charge in [-0.05, 0) is 31.6 Å². The van der Waals surface area contributed by atoms with Crippen molar-refractivity contribution in [3.05, 3.63) is 0 Å². The number of ether oxygens (including phenoxy) is 1. The Kier molecular flexibility index (Phi) is 4.22. The molecule has 3 nitrogen and oxygen atoms in total. The van der Waals surface area contributed by atoms with Gasteiger partial charge in [0.15, 0.2) is 0 Å². The van der Waals surface area contributed by atoms with E-state index in [1.807, 2.05) is 0 Å². The molecule has 1 aliphatic heterocycles. The number of hydrogen-bond donors (Lipinski definition) is 1. The van der Waals surface area contributed by atoms with Crippen LogP contribution in [-0.4, -0.2) is 42.8 Å². The Morgan fingerprint density at radius 3 is 2.67 bits per heavy atom. The fourth-order valence-corrected chi connectivity index (χ4v) is 4.17. The summed E-state index contributed by atoms with van der Waals surface area (Å²) in [7, 11) is 0. The van der Waals surface area contributed by atoms with Gasteiger partial charge >= 0.3 is 0 Å². The fraction of sp³-hybridized carbons (Fsp3) is 1.00. The summed E-state index contributed by atoms with van der Waals surface area (Å²) in [4.78, 5) is 2.71. The molecule has 2 aliphatic carbocycles. The molecule has 3 fully saturated rings. The molecule has 0 aromatic rings. The molecule has 0 bridgehead atoms. The summed E-state index contributed by atoms with van der Waals surface area (Å²) in [5.41, 5.74) is 6.31. The summed E-state index contributed by atoms with van der Waals surface area (Å²) in [6, 6.07) is 1.14. The van der Waals surface area contributed by atoms with E-state index in [1.54, 1.807) is 0 Å². The van der Waals surface area contributed by atoms with Gasteiger partial charge in [0, 0.05) is 25.2 Å². The molecule has 0 amide bonds. The van der Waals surface area contributed by atoms with Crippen LogP contribution in [0.3, 0.4) is 0 Å². The van der Waals surface area contributed by atoms with Crippen LogP contribution < -0.4 is 5.73 Å². The zero-order chi connectivity index (χ0) is 12.4. The van der Waals surface area contributed by atoms with Crippen LogP contribution in [-0.2, 0) is 4.74 Å². The van der Waals surface area contributed by atoms with E-state index < -0.39 is 0 Å². The van der Waals surface area contributed by atoms with Crippen LogP contribution in [0.4, 0.5) is 0 Å². The molecule has 4 unspecified atom stereocenters. The Morgan fingerprint density at radius 2 is 1.78 bits per heavy atom. The van der Waals surface area contributed by atoms with Gasteiger partial charge in [-0.1, -0.05) is 25.7 Å². The zero-order valence-corrected chi connectivity index (χ0v) is 11.5. The average Bonchev–Trinajstić information content (AvgIpc) is 2.42. The minimum Gasteiger partial charge on any atom is -0.375 e. The maximum absolute atomic E-state index is 6.31. The Bertz CT molecular complexity index is 269. The van der Waals surface area contributed by atoms with Gasteiger partial charge in [-0.3, -0.25) is 4.90 Å². The van der Waals surface area contributed by atoms with E-state index in [-0.39, 0.29) is 0 Å². The molecule has 4 atom stereocenters. The largest absolute Gasteiger partial charge is 0.375 e. The highest BCUT2D eigenvalue weighted by Crippen LogP contribution is 2.31. The van der Waals surface area contributed by atoms with Crippen molar-refractivity contribution in [1.82, 2.24) is 4.90 Å². The molecular weight excluding hydrogens is 224 g/mol. The van der Waals surface area contributed by atoms with Gasteiger partial charge in [-0.2, -0.15) is 0 Å². The summed E-state index contributed by atoms with van der Waals surface area (Å²) >= 11 is 0. The van der Waals surface area contributed by atoms with Crippen molar-refractivity contribution < 1.29 is 4.74 Å². The normalized spacial score (nSPS) is 42.5. The number of nitrogens with zero attached hydrogens (tertiary/aromatic N) is 1. The van der Waals surface area contributed by atoms with E-state index in [0.717, 1.165) is 19.1 Å². The highest BCUT2D eigenvalue weighted by molar-refractivity contribution is 4.90. The SMILES string of the molecule is NC1CCCCC1CN1CCOC2CCCCC21. The van der Waals surface area contributed by atoms with Crippen LogP contribution in [0.5, 0.6) is 0 Å². The third kappa shape index (κ3) is 2.73. The van der Waals surface area contributed by atoms with Crippen molar-refractivity contribution in [1.29, 1.82) is 0 Å². The predicted molar refractivity (Wildman–Crippen MR) is 73.5 cm³/mol. The van der Waals surface area contributed by atoms with Crippen LogP contribution in [0.2, 0.25) is 0 Å². The maximum atomic E-state index is 6.31. The number of nitrogens with two attached hydrogens (primary N) is 1. The van der Waals surface area contributed by atoms with Crippen LogP contribution in [0, 0.1) is 5.92 Å². The fourth-order valence-electron chi connectivity index (χ4n) is 4.17. The van der Waals surface area contributed by atoms with E-state index in [0.29, 0.717) is 18.2 Å². The lowest BCUT2D eigenvalue weighted by atomic mass is 9.83. The first-order chi connectivity index (χ1) is 8.84. The summed E-state index contributed by atoms with van der Waals surface area (Å²) in [6.07, 6.45) is 11.2. The molecule has 1 saturated heterocycles. The standard InChI is InChI=1S/C15H28N2O/c16-13-6-2-1-5-12(13)11-17-9-10-18-15-8-4-3-7-14(15)17/h12-15H,1-11,16H2. The topological polar surface area (TPSA) is 38.5 Å². The number of rotatable bonds is 2. The molecule has 0 spiro atoms. The molecule has 18 heavy (non-hydrogen) atoms. The van der Waals surface area contributed by atoms with Crippen molar-refractivity contribution in [2.24, 2.45) is 11.7 Å².